The molecular formula is C12H18FN. The van der Waals surface area contributed by atoms with E-state index in [4.69, 9.17) is 0 Å². The Bertz CT molecular complexity index is 296. The van der Waals surface area contributed by atoms with Crippen LogP contribution in [0.2, 0.25) is 0 Å². The Morgan fingerprint density at radius 1 is 1.43 bits per heavy atom. The molecule has 0 spiro atoms. The predicted octanol–water partition coefficient (Wildman–Crippen LogP) is 3.19. The van der Waals surface area contributed by atoms with Crippen LogP contribution in [0.25, 0.3) is 0 Å². The summed E-state index contributed by atoms with van der Waals surface area (Å²) in [6.45, 7) is 7.17. The van der Waals surface area contributed by atoms with Crippen LogP contribution in [0.5, 0.6) is 0 Å². The van der Waals surface area contributed by atoms with E-state index in [-0.39, 0.29) is 11.9 Å². The number of hydrogen-bond donors (Lipinski definition) is 1. The maximum atomic E-state index is 13.0. The molecule has 14 heavy (non-hydrogen) atoms. The molecule has 0 radical (unpaired) electrons. The van der Waals surface area contributed by atoms with E-state index in [1.807, 2.05) is 13.0 Å². The van der Waals surface area contributed by atoms with Gasteiger partial charge >= 0.3 is 0 Å². The minimum absolute atomic E-state index is 0.157. The molecule has 0 aliphatic heterocycles. The van der Waals surface area contributed by atoms with Crippen LogP contribution in [-0.2, 0) is 0 Å². The van der Waals surface area contributed by atoms with Gasteiger partial charge in [-0.1, -0.05) is 13.0 Å². The molecule has 0 aliphatic rings. The second kappa shape index (κ2) is 5.11. The van der Waals surface area contributed by atoms with Crippen LogP contribution in [0.4, 0.5) is 4.39 Å². The molecule has 0 saturated carbocycles. The number of rotatable bonds is 4. The van der Waals surface area contributed by atoms with E-state index in [0.717, 1.165) is 24.1 Å². The molecule has 1 unspecified atom stereocenters. The summed E-state index contributed by atoms with van der Waals surface area (Å²) in [7, 11) is 0. The van der Waals surface area contributed by atoms with Crippen molar-refractivity contribution >= 4 is 0 Å². The maximum Gasteiger partial charge on any atom is 0.123 e. The molecule has 1 rings (SSSR count). The first-order valence-electron chi connectivity index (χ1n) is 5.14. The predicted molar refractivity (Wildman–Crippen MR) is 57.8 cm³/mol. The van der Waals surface area contributed by atoms with Gasteiger partial charge in [-0.2, -0.15) is 0 Å². The highest BCUT2D eigenvalue weighted by Crippen LogP contribution is 2.18. The second-order valence-corrected chi connectivity index (χ2v) is 3.68. The van der Waals surface area contributed by atoms with Gasteiger partial charge in [0.15, 0.2) is 0 Å². The third-order valence-electron chi connectivity index (χ3n) is 2.41. The summed E-state index contributed by atoms with van der Waals surface area (Å²) in [4.78, 5) is 0. The van der Waals surface area contributed by atoms with E-state index in [9.17, 15) is 4.39 Å². The normalized spacial score (nSPS) is 12.9. The molecule has 0 aromatic heterocycles. The number of nitrogens with one attached hydrogen (secondary N) is 1. The van der Waals surface area contributed by atoms with Crippen molar-refractivity contribution in [2.24, 2.45) is 0 Å². The lowest BCUT2D eigenvalue weighted by Crippen LogP contribution is -2.20. The van der Waals surface area contributed by atoms with Crippen molar-refractivity contribution in [2.75, 3.05) is 6.54 Å². The average Bonchev–Trinajstić information content (AvgIpc) is 2.18. The molecular weight excluding hydrogens is 177 g/mol. The number of halogens is 1. The molecule has 0 bridgehead atoms. The standard InChI is InChI=1S/C12H18FN/c1-4-7-14-10(3)12-8-11(13)6-5-9(12)2/h5-6,8,10,14H,4,7H2,1-3H3. The van der Waals surface area contributed by atoms with Crippen molar-refractivity contribution in [1.29, 1.82) is 0 Å². The summed E-state index contributed by atoms with van der Waals surface area (Å²) < 4.78 is 13.0. The van der Waals surface area contributed by atoms with Crippen molar-refractivity contribution in [2.45, 2.75) is 33.2 Å². The fourth-order valence-electron chi connectivity index (χ4n) is 1.55. The van der Waals surface area contributed by atoms with Gasteiger partial charge in [-0.15, -0.1) is 0 Å². The van der Waals surface area contributed by atoms with Crippen LogP contribution in [0.15, 0.2) is 18.2 Å². The molecule has 0 aliphatic carbocycles. The van der Waals surface area contributed by atoms with Gasteiger partial charge in [-0.25, -0.2) is 4.39 Å². The van der Waals surface area contributed by atoms with Crippen LogP contribution in [0, 0.1) is 12.7 Å². The molecule has 1 aromatic rings. The Morgan fingerprint density at radius 2 is 2.14 bits per heavy atom. The summed E-state index contributed by atoms with van der Waals surface area (Å²) in [5.74, 6) is -0.157. The minimum Gasteiger partial charge on any atom is -0.310 e. The lowest BCUT2D eigenvalue weighted by Gasteiger charge is -2.16. The van der Waals surface area contributed by atoms with Gasteiger partial charge in [0.05, 0.1) is 0 Å². The van der Waals surface area contributed by atoms with Gasteiger partial charge in [0.1, 0.15) is 5.82 Å². The van der Waals surface area contributed by atoms with Gasteiger partial charge in [-0.3, -0.25) is 0 Å². The van der Waals surface area contributed by atoms with Crippen molar-refractivity contribution in [3.8, 4) is 0 Å². The summed E-state index contributed by atoms with van der Waals surface area (Å²) in [6.07, 6.45) is 1.10. The lowest BCUT2D eigenvalue weighted by atomic mass is 10.0. The summed E-state index contributed by atoms with van der Waals surface area (Å²) in [5, 5.41) is 3.35. The Morgan fingerprint density at radius 3 is 2.79 bits per heavy atom. The van der Waals surface area contributed by atoms with Gasteiger partial charge in [0.25, 0.3) is 0 Å². The van der Waals surface area contributed by atoms with Crippen LogP contribution in [0.3, 0.4) is 0 Å². The Kier molecular flexibility index (Phi) is 4.08. The molecule has 0 heterocycles. The minimum atomic E-state index is -0.157. The zero-order chi connectivity index (χ0) is 10.6. The SMILES string of the molecule is CCCNC(C)c1cc(F)ccc1C. The van der Waals surface area contributed by atoms with Gasteiger partial charge < -0.3 is 5.32 Å². The molecule has 1 aromatic carbocycles. The summed E-state index contributed by atoms with van der Waals surface area (Å²) >= 11 is 0. The van der Waals surface area contributed by atoms with E-state index in [0.29, 0.717) is 0 Å². The van der Waals surface area contributed by atoms with Crippen molar-refractivity contribution in [3.63, 3.8) is 0 Å². The number of hydrogen-bond acceptors (Lipinski definition) is 1. The largest absolute Gasteiger partial charge is 0.310 e. The van der Waals surface area contributed by atoms with Gasteiger partial charge in [0.2, 0.25) is 0 Å². The van der Waals surface area contributed by atoms with Crippen molar-refractivity contribution in [3.05, 3.63) is 35.1 Å². The van der Waals surface area contributed by atoms with Gasteiger partial charge in [0, 0.05) is 6.04 Å². The van der Waals surface area contributed by atoms with E-state index >= 15 is 0 Å². The summed E-state index contributed by atoms with van der Waals surface area (Å²) in [5.41, 5.74) is 2.20. The Balaban J connectivity index is 2.77. The molecule has 0 fully saturated rings. The van der Waals surface area contributed by atoms with E-state index < -0.39 is 0 Å². The van der Waals surface area contributed by atoms with Crippen LogP contribution >= 0.6 is 0 Å². The maximum absolute atomic E-state index is 13.0. The van der Waals surface area contributed by atoms with E-state index in [1.165, 1.54) is 6.07 Å². The van der Waals surface area contributed by atoms with Crippen molar-refractivity contribution in [1.82, 2.24) is 5.32 Å². The zero-order valence-corrected chi connectivity index (χ0v) is 9.10. The van der Waals surface area contributed by atoms with Crippen LogP contribution in [-0.4, -0.2) is 6.54 Å². The molecule has 1 N–H and O–H groups in total. The monoisotopic (exact) mass is 195 g/mol. The van der Waals surface area contributed by atoms with E-state index in [1.54, 1.807) is 6.07 Å². The quantitative estimate of drug-likeness (QED) is 0.778. The Labute approximate surface area is 85.3 Å². The van der Waals surface area contributed by atoms with E-state index in [2.05, 4.69) is 19.2 Å². The molecule has 1 atom stereocenters. The average molecular weight is 195 g/mol. The molecule has 0 amide bonds. The highest BCUT2D eigenvalue weighted by Gasteiger charge is 2.07. The number of benzene rings is 1. The van der Waals surface area contributed by atoms with Crippen molar-refractivity contribution < 1.29 is 4.39 Å². The molecule has 0 saturated heterocycles. The molecule has 78 valence electrons. The van der Waals surface area contributed by atoms with Crippen LogP contribution in [0.1, 0.15) is 37.4 Å². The first-order valence-corrected chi connectivity index (χ1v) is 5.14. The molecule has 2 heteroatoms. The fraction of sp³-hybridized carbons (Fsp3) is 0.500. The zero-order valence-electron chi connectivity index (χ0n) is 9.10. The number of aryl methyl sites for hydroxylation is 1. The fourth-order valence-corrected chi connectivity index (χ4v) is 1.55. The molecule has 1 nitrogen and oxygen atoms in total. The highest BCUT2D eigenvalue weighted by molar-refractivity contribution is 5.29. The first kappa shape index (κ1) is 11.2. The second-order valence-electron chi connectivity index (χ2n) is 3.68. The smallest absolute Gasteiger partial charge is 0.123 e. The lowest BCUT2D eigenvalue weighted by molar-refractivity contribution is 0.559. The summed E-state index contributed by atoms with van der Waals surface area (Å²) in [6, 6.07) is 5.17. The van der Waals surface area contributed by atoms with Crippen LogP contribution < -0.4 is 5.32 Å². The first-order chi connectivity index (χ1) is 6.65. The Hall–Kier alpha value is -0.890. The topological polar surface area (TPSA) is 12.0 Å². The van der Waals surface area contributed by atoms with Gasteiger partial charge in [-0.05, 0) is 50.1 Å². The third-order valence-corrected chi connectivity index (χ3v) is 2.41. The highest BCUT2D eigenvalue weighted by atomic mass is 19.1. The third kappa shape index (κ3) is 2.81.